The molecule has 0 saturated carbocycles. The molecule has 0 aliphatic carbocycles. The number of nitrogens with zero attached hydrogens (tertiary/aromatic N) is 3. The van der Waals surface area contributed by atoms with Crippen molar-refractivity contribution >= 4 is 29.9 Å². The zero-order valence-electron chi connectivity index (χ0n) is 16.0. The Morgan fingerprint density at radius 1 is 1.23 bits per heavy atom. The molecule has 0 fully saturated rings. The third-order valence-electron chi connectivity index (χ3n) is 4.05. The minimum Gasteiger partial charge on any atom is -0.497 e. The van der Waals surface area contributed by atoms with Crippen molar-refractivity contribution in [2.24, 2.45) is 4.99 Å². The molecule has 0 saturated heterocycles. The van der Waals surface area contributed by atoms with Gasteiger partial charge < -0.3 is 15.0 Å². The molecule has 2 rings (SSSR count). The fraction of sp³-hybridized carbons (Fsp3) is 0.400. The van der Waals surface area contributed by atoms with Crippen LogP contribution < -0.4 is 10.1 Å². The van der Waals surface area contributed by atoms with Crippen molar-refractivity contribution in [2.45, 2.75) is 26.8 Å². The Balaban J connectivity index is 0.00000338. The Labute approximate surface area is 173 Å². The summed E-state index contributed by atoms with van der Waals surface area (Å²) in [6.07, 6.45) is 4.66. The summed E-state index contributed by atoms with van der Waals surface area (Å²) in [5, 5.41) is 3.36. The lowest BCUT2D eigenvalue weighted by Crippen LogP contribution is -2.38. The molecule has 0 aliphatic rings. The molecule has 1 heterocycles. The molecule has 26 heavy (non-hydrogen) atoms. The standard InChI is InChI=1S/C20H28N4O.HI/c1-5-22-20(23-13-11-18-10-12-21-14-16(18)2)24(3)15-17-6-8-19(25-4)9-7-17;/h6-10,12,14H,5,11,13,15H2,1-4H3,(H,22,23);1H. The summed E-state index contributed by atoms with van der Waals surface area (Å²) < 4.78 is 5.21. The van der Waals surface area contributed by atoms with Crippen LogP contribution >= 0.6 is 24.0 Å². The second-order valence-electron chi connectivity index (χ2n) is 5.99. The van der Waals surface area contributed by atoms with Crippen molar-refractivity contribution in [1.82, 2.24) is 15.2 Å². The Hall–Kier alpha value is -1.83. The van der Waals surface area contributed by atoms with Crippen LogP contribution in [-0.4, -0.2) is 43.1 Å². The van der Waals surface area contributed by atoms with Crippen LogP contribution in [0, 0.1) is 6.92 Å². The van der Waals surface area contributed by atoms with Gasteiger partial charge in [-0.25, -0.2) is 0 Å². The minimum absolute atomic E-state index is 0. The Bertz CT molecular complexity index is 688. The highest BCUT2D eigenvalue weighted by molar-refractivity contribution is 14.0. The smallest absolute Gasteiger partial charge is 0.193 e. The highest BCUT2D eigenvalue weighted by Crippen LogP contribution is 2.12. The van der Waals surface area contributed by atoms with E-state index in [0.29, 0.717) is 0 Å². The van der Waals surface area contributed by atoms with Crippen LogP contribution in [0.3, 0.4) is 0 Å². The SMILES string of the molecule is CCNC(=NCCc1ccncc1C)N(C)Cc1ccc(OC)cc1.I. The predicted molar refractivity (Wildman–Crippen MR) is 119 cm³/mol. The number of benzene rings is 1. The number of methoxy groups -OCH3 is 1. The number of aromatic nitrogens is 1. The zero-order chi connectivity index (χ0) is 18.1. The van der Waals surface area contributed by atoms with Crippen molar-refractivity contribution in [2.75, 3.05) is 27.2 Å². The highest BCUT2D eigenvalue weighted by atomic mass is 127. The molecular formula is C20H29IN4O. The normalized spacial score (nSPS) is 10.8. The summed E-state index contributed by atoms with van der Waals surface area (Å²) in [7, 11) is 3.74. The maximum absolute atomic E-state index is 5.21. The minimum atomic E-state index is 0. The van der Waals surface area contributed by atoms with E-state index < -0.39 is 0 Å². The third kappa shape index (κ3) is 6.82. The van der Waals surface area contributed by atoms with Gasteiger partial charge in [0.05, 0.1) is 7.11 Å². The van der Waals surface area contributed by atoms with E-state index >= 15 is 0 Å². The lowest BCUT2D eigenvalue weighted by molar-refractivity contribution is 0.414. The average Bonchev–Trinajstić information content (AvgIpc) is 2.63. The van der Waals surface area contributed by atoms with E-state index in [-0.39, 0.29) is 24.0 Å². The molecule has 0 bridgehead atoms. The molecule has 1 aromatic carbocycles. The first kappa shape index (κ1) is 22.2. The molecule has 5 nitrogen and oxygen atoms in total. The summed E-state index contributed by atoms with van der Waals surface area (Å²) in [6, 6.07) is 10.2. The van der Waals surface area contributed by atoms with Gasteiger partial charge in [0.15, 0.2) is 5.96 Å². The summed E-state index contributed by atoms with van der Waals surface area (Å²) in [5.74, 6) is 1.80. The molecule has 1 N–H and O–H groups in total. The fourth-order valence-corrected chi connectivity index (χ4v) is 2.61. The zero-order valence-corrected chi connectivity index (χ0v) is 18.4. The van der Waals surface area contributed by atoms with E-state index in [1.807, 2.05) is 24.5 Å². The second-order valence-corrected chi connectivity index (χ2v) is 5.99. The van der Waals surface area contributed by atoms with Crippen LogP contribution in [0.4, 0.5) is 0 Å². The van der Waals surface area contributed by atoms with E-state index in [0.717, 1.165) is 37.8 Å². The molecule has 0 atom stereocenters. The van der Waals surface area contributed by atoms with Gasteiger partial charge in [0.2, 0.25) is 0 Å². The van der Waals surface area contributed by atoms with Crippen LogP contribution in [0.2, 0.25) is 0 Å². The molecule has 0 amide bonds. The van der Waals surface area contributed by atoms with E-state index in [1.54, 1.807) is 7.11 Å². The van der Waals surface area contributed by atoms with Crippen molar-refractivity contribution in [3.8, 4) is 5.75 Å². The molecule has 0 aliphatic heterocycles. The van der Waals surface area contributed by atoms with Gasteiger partial charge in [0, 0.05) is 39.1 Å². The van der Waals surface area contributed by atoms with Crippen molar-refractivity contribution in [1.29, 1.82) is 0 Å². The Morgan fingerprint density at radius 2 is 1.96 bits per heavy atom. The lowest BCUT2D eigenvalue weighted by atomic mass is 10.1. The first-order chi connectivity index (χ1) is 12.1. The van der Waals surface area contributed by atoms with Crippen molar-refractivity contribution in [3.63, 3.8) is 0 Å². The van der Waals surface area contributed by atoms with E-state index in [4.69, 9.17) is 9.73 Å². The van der Waals surface area contributed by atoms with Crippen LogP contribution in [0.15, 0.2) is 47.7 Å². The maximum Gasteiger partial charge on any atom is 0.193 e. The van der Waals surface area contributed by atoms with E-state index in [9.17, 15) is 0 Å². The van der Waals surface area contributed by atoms with Crippen LogP contribution in [0.5, 0.6) is 5.75 Å². The van der Waals surface area contributed by atoms with Gasteiger partial charge >= 0.3 is 0 Å². The number of ether oxygens (including phenoxy) is 1. The van der Waals surface area contributed by atoms with Gasteiger partial charge in [-0.1, -0.05) is 12.1 Å². The molecule has 2 aromatic rings. The first-order valence-corrected chi connectivity index (χ1v) is 8.66. The number of hydrogen-bond acceptors (Lipinski definition) is 3. The van der Waals surface area contributed by atoms with Gasteiger partial charge in [-0.15, -0.1) is 24.0 Å². The van der Waals surface area contributed by atoms with Gasteiger partial charge in [-0.3, -0.25) is 9.98 Å². The molecule has 0 radical (unpaired) electrons. The number of aryl methyl sites for hydroxylation is 1. The fourth-order valence-electron chi connectivity index (χ4n) is 2.61. The van der Waals surface area contributed by atoms with Crippen LogP contribution in [0.1, 0.15) is 23.6 Å². The molecule has 142 valence electrons. The number of rotatable bonds is 7. The lowest BCUT2D eigenvalue weighted by Gasteiger charge is -2.22. The van der Waals surface area contributed by atoms with Gasteiger partial charge in [0.25, 0.3) is 0 Å². The van der Waals surface area contributed by atoms with Gasteiger partial charge in [0.1, 0.15) is 5.75 Å². The summed E-state index contributed by atoms with van der Waals surface area (Å²) in [4.78, 5) is 11.0. The predicted octanol–water partition coefficient (Wildman–Crippen LogP) is 3.66. The van der Waals surface area contributed by atoms with Gasteiger partial charge in [-0.2, -0.15) is 0 Å². The van der Waals surface area contributed by atoms with E-state index in [1.165, 1.54) is 16.7 Å². The Kier molecular flexibility index (Phi) is 10.0. The average molecular weight is 468 g/mol. The number of halogens is 1. The van der Waals surface area contributed by atoms with Crippen molar-refractivity contribution < 1.29 is 4.74 Å². The molecule has 1 aromatic heterocycles. The number of aliphatic imine (C=N–C) groups is 1. The highest BCUT2D eigenvalue weighted by Gasteiger charge is 2.07. The number of guanidine groups is 1. The quantitative estimate of drug-likeness (QED) is 0.383. The molecular weight excluding hydrogens is 439 g/mol. The summed E-state index contributed by atoms with van der Waals surface area (Å²) in [6.45, 7) is 6.57. The number of hydrogen-bond donors (Lipinski definition) is 1. The second kappa shape index (κ2) is 11.7. The van der Waals surface area contributed by atoms with Gasteiger partial charge in [-0.05, 0) is 55.2 Å². The topological polar surface area (TPSA) is 49.8 Å². The molecule has 6 heteroatoms. The van der Waals surface area contributed by atoms with E-state index in [2.05, 4.69) is 54.3 Å². The maximum atomic E-state index is 5.21. The summed E-state index contributed by atoms with van der Waals surface area (Å²) >= 11 is 0. The number of nitrogens with one attached hydrogen (secondary N) is 1. The Morgan fingerprint density at radius 3 is 2.58 bits per heavy atom. The summed E-state index contributed by atoms with van der Waals surface area (Å²) in [5.41, 5.74) is 3.74. The largest absolute Gasteiger partial charge is 0.497 e. The molecule has 0 unspecified atom stereocenters. The first-order valence-electron chi connectivity index (χ1n) is 8.66. The number of pyridine rings is 1. The van der Waals surface area contributed by atoms with Crippen LogP contribution in [0.25, 0.3) is 0 Å². The van der Waals surface area contributed by atoms with Crippen LogP contribution in [-0.2, 0) is 13.0 Å². The van der Waals surface area contributed by atoms with Crippen molar-refractivity contribution in [3.05, 3.63) is 59.4 Å². The molecule has 0 spiro atoms. The monoisotopic (exact) mass is 468 g/mol. The third-order valence-corrected chi connectivity index (χ3v) is 4.05.